The Hall–Kier alpha value is -0.580. The first-order chi connectivity index (χ1) is 8.63. The zero-order valence-electron chi connectivity index (χ0n) is 12.0. The van der Waals surface area contributed by atoms with Crippen LogP contribution >= 0.6 is 23.7 Å². The molecule has 0 saturated carbocycles. The predicted molar refractivity (Wildman–Crippen MR) is 84.7 cm³/mol. The van der Waals surface area contributed by atoms with Crippen LogP contribution < -0.4 is 5.73 Å². The van der Waals surface area contributed by atoms with Crippen LogP contribution in [0.3, 0.4) is 0 Å². The first-order valence-corrected chi connectivity index (χ1v) is 7.53. The summed E-state index contributed by atoms with van der Waals surface area (Å²) in [4.78, 5) is 15.8. The molecule has 1 amide bonds. The highest BCUT2D eigenvalue weighted by atomic mass is 35.5. The quantitative estimate of drug-likeness (QED) is 0.840. The van der Waals surface area contributed by atoms with E-state index < -0.39 is 0 Å². The van der Waals surface area contributed by atoms with Gasteiger partial charge in [0.1, 0.15) is 0 Å². The molecule has 0 saturated heterocycles. The summed E-state index contributed by atoms with van der Waals surface area (Å²) in [7, 11) is 0. The van der Waals surface area contributed by atoms with Crippen molar-refractivity contribution in [1.29, 1.82) is 0 Å². The largest absolute Gasteiger partial charge is 0.337 e. The number of hydrogen-bond donors (Lipinski definition) is 1. The molecule has 0 aliphatic carbocycles. The molecular weight excluding hydrogens is 280 g/mol. The first-order valence-electron chi connectivity index (χ1n) is 6.65. The second kappa shape index (κ2) is 8.56. The summed E-state index contributed by atoms with van der Waals surface area (Å²) in [5.74, 6) is 0.200. The molecule has 0 aliphatic rings. The number of nitrogens with zero attached hydrogens (tertiary/aromatic N) is 1. The van der Waals surface area contributed by atoms with Crippen molar-refractivity contribution in [2.75, 3.05) is 13.1 Å². The van der Waals surface area contributed by atoms with Gasteiger partial charge in [0.15, 0.2) is 0 Å². The lowest BCUT2D eigenvalue weighted by molar-refractivity contribution is -0.142. The molecule has 5 heteroatoms. The van der Waals surface area contributed by atoms with Gasteiger partial charge in [-0.1, -0.05) is 19.9 Å². The lowest BCUT2D eigenvalue weighted by Gasteiger charge is -2.34. The van der Waals surface area contributed by atoms with E-state index in [-0.39, 0.29) is 23.7 Å². The minimum Gasteiger partial charge on any atom is -0.337 e. The monoisotopic (exact) mass is 304 g/mol. The Morgan fingerprint density at radius 3 is 2.37 bits per heavy atom. The fourth-order valence-electron chi connectivity index (χ4n) is 2.18. The van der Waals surface area contributed by atoms with Crippen LogP contribution in [0.4, 0.5) is 0 Å². The lowest BCUT2D eigenvalue weighted by atomic mass is 9.81. The summed E-state index contributed by atoms with van der Waals surface area (Å²) in [6.45, 7) is 7.99. The Balaban J connectivity index is 0.00000324. The molecule has 1 heterocycles. The van der Waals surface area contributed by atoms with Gasteiger partial charge in [-0.25, -0.2) is 0 Å². The molecule has 1 aromatic rings. The van der Waals surface area contributed by atoms with Crippen LogP contribution in [0.15, 0.2) is 17.5 Å². The summed E-state index contributed by atoms with van der Waals surface area (Å²) in [5, 5.41) is 2.05. The zero-order valence-corrected chi connectivity index (χ0v) is 13.6. The molecule has 0 fully saturated rings. The SMILES string of the molecule is CCN(Cc1cccs1)C(=O)C(CC)(CC)CN.Cl. The van der Waals surface area contributed by atoms with Crippen molar-refractivity contribution < 1.29 is 4.79 Å². The predicted octanol–water partition coefficient (Wildman–Crippen LogP) is 3.28. The molecular formula is C14H25ClN2OS. The molecule has 2 N–H and O–H groups in total. The molecule has 0 spiro atoms. The highest BCUT2D eigenvalue weighted by molar-refractivity contribution is 7.09. The lowest BCUT2D eigenvalue weighted by Crippen LogP contribution is -2.47. The van der Waals surface area contributed by atoms with Gasteiger partial charge in [0.05, 0.1) is 12.0 Å². The van der Waals surface area contributed by atoms with Crippen LogP contribution in [0.25, 0.3) is 0 Å². The minimum absolute atomic E-state index is 0. The Morgan fingerprint density at radius 2 is 2.00 bits per heavy atom. The van der Waals surface area contributed by atoms with Crippen LogP contribution in [0.5, 0.6) is 0 Å². The van der Waals surface area contributed by atoms with Gasteiger partial charge in [-0.2, -0.15) is 0 Å². The van der Waals surface area contributed by atoms with Crippen LogP contribution in [0.2, 0.25) is 0 Å². The first kappa shape index (κ1) is 18.4. The van der Waals surface area contributed by atoms with E-state index in [1.807, 2.05) is 37.1 Å². The van der Waals surface area contributed by atoms with Crippen molar-refractivity contribution in [2.24, 2.45) is 11.1 Å². The summed E-state index contributed by atoms with van der Waals surface area (Å²) in [5.41, 5.74) is 5.47. The van der Waals surface area contributed by atoms with E-state index in [0.29, 0.717) is 13.1 Å². The summed E-state index contributed by atoms with van der Waals surface area (Å²) in [6.07, 6.45) is 1.61. The van der Waals surface area contributed by atoms with Crippen molar-refractivity contribution in [3.05, 3.63) is 22.4 Å². The maximum absolute atomic E-state index is 12.7. The van der Waals surface area contributed by atoms with Gasteiger partial charge in [-0.15, -0.1) is 23.7 Å². The molecule has 19 heavy (non-hydrogen) atoms. The highest BCUT2D eigenvalue weighted by Gasteiger charge is 2.36. The van der Waals surface area contributed by atoms with Gasteiger partial charge >= 0.3 is 0 Å². The summed E-state index contributed by atoms with van der Waals surface area (Å²) < 4.78 is 0. The van der Waals surface area contributed by atoms with Gasteiger partial charge in [-0.3, -0.25) is 4.79 Å². The van der Waals surface area contributed by atoms with Gasteiger partial charge in [0.25, 0.3) is 0 Å². The van der Waals surface area contributed by atoms with Gasteiger partial charge in [0.2, 0.25) is 5.91 Å². The third-order valence-corrected chi connectivity index (χ3v) is 4.65. The Kier molecular flexibility index (Phi) is 8.30. The minimum atomic E-state index is -0.382. The van der Waals surface area contributed by atoms with E-state index >= 15 is 0 Å². The number of carbonyl (C=O) groups excluding carboxylic acids is 1. The van der Waals surface area contributed by atoms with Crippen molar-refractivity contribution in [2.45, 2.75) is 40.2 Å². The van der Waals surface area contributed by atoms with E-state index in [1.165, 1.54) is 4.88 Å². The number of amides is 1. The van der Waals surface area contributed by atoms with E-state index in [0.717, 1.165) is 19.4 Å². The molecule has 0 unspecified atom stereocenters. The summed E-state index contributed by atoms with van der Waals surface area (Å²) >= 11 is 1.69. The second-order valence-corrected chi connectivity index (χ2v) is 5.62. The number of halogens is 1. The van der Waals surface area contributed by atoms with Crippen LogP contribution in [0.1, 0.15) is 38.5 Å². The number of thiophene rings is 1. The standard InChI is InChI=1S/C14H24N2OS.ClH/c1-4-14(5-2,11-15)13(17)16(6-3)10-12-8-7-9-18-12;/h7-9H,4-6,10-11,15H2,1-3H3;1H. The van der Waals surface area contributed by atoms with Crippen LogP contribution in [-0.2, 0) is 11.3 Å². The van der Waals surface area contributed by atoms with Gasteiger partial charge in [-0.05, 0) is 31.2 Å². The Labute approximate surface area is 126 Å². The van der Waals surface area contributed by atoms with E-state index in [1.54, 1.807) is 11.3 Å². The maximum Gasteiger partial charge on any atom is 0.230 e. The molecule has 3 nitrogen and oxygen atoms in total. The molecule has 0 aliphatic heterocycles. The fraction of sp³-hybridized carbons (Fsp3) is 0.643. The molecule has 0 atom stereocenters. The van der Waals surface area contributed by atoms with Gasteiger partial charge < -0.3 is 10.6 Å². The number of nitrogens with two attached hydrogens (primary N) is 1. The highest BCUT2D eigenvalue weighted by Crippen LogP contribution is 2.28. The fourth-order valence-corrected chi connectivity index (χ4v) is 2.90. The third-order valence-electron chi connectivity index (χ3n) is 3.79. The zero-order chi connectivity index (χ0) is 13.6. The maximum atomic E-state index is 12.7. The third kappa shape index (κ3) is 4.20. The number of hydrogen-bond acceptors (Lipinski definition) is 3. The molecule has 1 rings (SSSR count). The number of rotatable bonds is 7. The molecule has 0 radical (unpaired) electrons. The normalized spacial score (nSPS) is 10.9. The van der Waals surface area contributed by atoms with Crippen molar-refractivity contribution in [3.63, 3.8) is 0 Å². The van der Waals surface area contributed by atoms with Crippen LogP contribution in [-0.4, -0.2) is 23.9 Å². The van der Waals surface area contributed by atoms with Crippen molar-refractivity contribution in [1.82, 2.24) is 4.90 Å². The van der Waals surface area contributed by atoms with E-state index in [2.05, 4.69) is 6.07 Å². The average molecular weight is 305 g/mol. The average Bonchev–Trinajstić information content (AvgIpc) is 2.91. The second-order valence-electron chi connectivity index (χ2n) is 4.59. The Morgan fingerprint density at radius 1 is 1.37 bits per heavy atom. The Bertz CT molecular complexity index is 355. The van der Waals surface area contributed by atoms with E-state index in [9.17, 15) is 4.79 Å². The number of carbonyl (C=O) groups is 1. The topological polar surface area (TPSA) is 46.3 Å². The summed E-state index contributed by atoms with van der Waals surface area (Å²) in [6, 6.07) is 4.09. The molecule has 1 aromatic heterocycles. The molecule has 0 aromatic carbocycles. The van der Waals surface area contributed by atoms with E-state index in [4.69, 9.17) is 5.73 Å². The molecule has 0 bridgehead atoms. The van der Waals surface area contributed by atoms with Crippen LogP contribution in [0, 0.1) is 5.41 Å². The van der Waals surface area contributed by atoms with Crippen molar-refractivity contribution in [3.8, 4) is 0 Å². The smallest absolute Gasteiger partial charge is 0.230 e. The van der Waals surface area contributed by atoms with Gasteiger partial charge in [0, 0.05) is 18.0 Å². The molecule has 110 valence electrons. The van der Waals surface area contributed by atoms with Crippen molar-refractivity contribution >= 4 is 29.7 Å².